The zero-order valence-electron chi connectivity index (χ0n) is 12.0. The van der Waals surface area contributed by atoms with Crippen molar-refractivity contribution in [1.29, 1.82) is 0 Å². The van der Waals surface area contributed by atoms with Crippen LogP contribution in [0.1, 0.15) is 22.8 Å². The molecule has 1 amide bonds. The summed E-state index contributed by atoms with van der Waals surface area (Å²) >= 11 is 18.0. The second-order valence-corrected chi connectivity index (χ2v) is 6.48. The van der Waals surface area contributed by atoms with Crippen LogP contribution < -0.4 is 5.32 Å². The number of amides is 1. The highest BCUT2D eigenvalue weighted by molar-refractivity contribution is 6.45. The smallest absolute Gasteiger partial charge is 0.252 e. The van der Waals surface area contributed by atoms with Crippen molar-refractivity contribution in [2.24, 2.45) is 0 Å². The van der Waals surface area contributed by atoms with Gasteiger partial charge in [-0.2, -0.15) is 5.10 Å². The van der Waals surface area contributed by atoms with E-state index in [4.69, 9.17) is 34.8 Å². The van der Waals surface area contributed by atoms with Crippen molar-refractivity contribution in [2.45, 2.75) is 23.8 Å². The molecule has 1 atom stereocenters. The summed E-state index contributed by atoms with van der Waals surface area (Å²) in [7, 11) is 0. The van der Waals surface area contributed by atoms with Crippen LogP contribution in [0.4, 0.5) is 0 Å². The van der Waals surface area contributed by atoms with Gasteiger partial charge in [0.1, 0.15) is 4.84 Å². The second-order valence-electron chi connectivity index (χ2n) is 5.00. The predicted molar refractivity (Wildman–Crippen MR) is 89.7 cm³/mol. The Morgan fingerprint density at radius 1 is 1.36 bits per heavy atom. The number of carbonyl (C=O) groups excluding carboxylic acids is 1. The number of carbonyl (C=O) groups is 1. The van der Waals surface area contributed by atoms with Gasteiger partial charge >= 0.3 is 0 Å². The average molecular weight is 361 g/mol. The van der Waals surface area contributed by atoms with Crippen molar-refractivity contribution in [3.8, 4) is 0 Å². The molecule has 0 fully saturated rings. The molecule has 1 unspecified atom stereocenters. The van der Waals surface area contributed by atoms with Gasteiger partial charge in [-0.1, -0.05) is 18.2 Å². The van der Waals surface area contributed by atoms with Crippen LogP contribution in [0.5, 0.6) is 0 Å². The van der Waals surface area contributed by atoms with Gasteiger partial charge in [0.2, 0.25) is 0 Å². The zero-order chi connectivity index (χ0) is 16.2. The van der Waals surface area contributed by atoms with Gasteiger partial charge < -0.3 is 5.32 Å². The summed E-state index contributed by atoms with van der Waals surface area (Å²) in [5.74, 6) is 0.193. The number of nitrogens with one attached hydrogen (secondary N) is 1. The third-order valence-corrected chi connectivity index (χ3v) is 4.43. The highest BCUT2D eigenvalue weighted by Crippen LogP contribution is 2.31. The minimum absolute atomic E-state index is 0.250. The van der Waals surface area contributed by atoms with E-state index >= 15 is 0 Å². The van der Waals surface area contributed by atoms with Gasteiger partial charge in [-0.15, -0.1) is 34.8 Å². The van der Waals surface area contributed by atoms with Gasteiger partial charge in [0.05, 0.1) is 18.3 Å². The summed E-state index contributed by atoms with van der Waals surface area (Å²) in [5, 5.41) is 7.09. The molecule has 7 heteroatoms. The summed E-state index contributed by atoms with van der Waals surface area (Å²) < 4.78 is 1.69. The quantitative estimate of drug-likeness (QED) is 0.801. The normalized spacial score (nSPS) is 13.9. The van der Waals surface area contributed by atoms with Gasteiger partial charge in [0.25, 0.3) is 5.91 Å². The van der Waals surface area contributed by atoms with Gasteiger partial charge in [-0.25, -0.2) is 0 Å². The van der Waals surface area contributed by atoms with Crippen molar-refractivity contribution >= 4 is 40.7 Å². The molecule has 0 bridgehead atoms. The Labute approximate surface area is 144 Å². The molecule has 118 valence electrons. The third-order valence-electron chi connectivity index (χ3n) is 3.39. The Bertz CT molecular complexity index is 630. The van der Waals surface area contributed by atoms with Crippen LogP contribution in [0.2, 0.25) is 0 Å². The third kappa shape index (κ3) is 3.75. The summed E-state index contributed by atoms with van der Waals surface area (Å²) in [5.41, 5.74) is 0.299. The molecule has 0 aliphatic heterocycles. The fraction of sp³-hybridized carbons (Fsp3) is 0.333. The van der Waals surface area contributed by atoms with Crippen molar-refractivity contribution in [3.63, 3.8) is 0 Å². The lowest BCUT2D eigenvalue weighted by atomic mass is 9.96. The first-order chi connectivity index (χ1) is 10.5. The summed E-state index contributed by atoms with van der Waals surface area (Å²) in [6.45, 7) is 2.33. The van der Waals surface area contributed by atoms with Crippen LogP contribution in [0.3, 0.4) is 0 Å². The van der Waals surface area contributed by atoms with E-state index in [1.807, 2.05) is 6.07 Å². The molecule has 0 spiro atoms. The fourth-order valence-corrected chi connectivity index (χ4v) is 2.53. The summed E-state index contributed by atoms with van der Waals surface area (Å²) in [4.78, 5) is 11.6. The van der Waals surface area contributed by atoms with E-state index in [-0.39, 0.29) is 5.91 Å². The molecule has 1 aromatic heterocycles. The zero-order valence-corrected chi connectivity index (χ0v) is 14.2. The molecule has 1 aromatic carbocycles. The molecule has 0 aliphatic rings. The molecule has 0 aliphatic carbocycles. The molecular weight excluding hydrogens is 345 g/mol. The molecule has 2 aromatic rings. The van der Waals surface area contributed by atoms with Crippen LogP contribution in [-0.4, -0.2) is 26.4 Å². The van der Waals surface area contributed by atoms with Crippen molar-refractivity contribution in [2.75, 3.05) is 5.88 Å². The fourth-order valence-electron chi connectivity index (χ4n) is 1.99. The minimum Gasteiger partial charge on any atom is -0.340 e. The van der Waals surface area contributed by atoms with E-state index in [0.29, 0.717) is 18.0 Å². The standard InChI is InChI=1S/C15H16Cl3N3O/c1-15(14(17)18,12-9-19-21(10-12)8-7-16)20-13(22)11-5-3-2-4-6-11/h2-6,9-10,14H,7-8H2,1H3,(H,20,22). The molecule has 0 saturated carbocycles. The molecule has 0 saturated heterocycles. The lowest BCUT2D eigenvalue weighted by molar-refractivity contribution is 0.0909. The maximum atomic E-state index is 12.4. The highest BCUT2D eigenvalue weighted by atomic mass is 35.5. The van der Waals surface area contributed by atoms with Crippen LogP contribution >= 0.6 is 34.8 Å². The number of aromatic nitrogens is 2. The monoisotopic (exact) mass is 359 g/mol. The van der Waals surface area contributed by atoms with E-state index in [9.17, 15) is 4.79 Å². The predicted octanol–water partition coefficient (Wildman–Crippen LogP) is 3.57. The van der Waals surface area contributed by atoms with E-state index in [0.717, 1.165) is 5.56 Å². The Hall–Kier alpha value is -1.23. The number of hydrogen-bond acceptors (Lipinski definition) is 2. The topological polar surface area (TPSA) is 46.9 Å². The van der Waals surface area contributed by atoms with Crippen LogP contribution in [0.15, 0.2) is 42.7 Å². The van der Waals surface area contributed by atoms with Gasteiger partial charge in [-0.3, -0.25) is 9.48 Å². The second kappa shape index (κ2) is 7.36. The molecule has 2 rings (SSSR count). The van der Waals surface area contributed by atoms with Crippen LogP contribution in [-0.2, 0) is 12.1 Å². The van der Waals surface area contributed by atoms with Crippen LogP contribution in [0, 0.1) is 0 Å². The van der Waals surface area contributed by atoms with E-state index in [1.165, 1.54) is 0 Å². The Balaban J connectivity index is 2.26. The molecule has 1 heterocycles. The Morgan fingerprint density at radius 2 is 2.05 bits per heavy atom. The number of rotatable bonds is 6. The number of halogens is 3. The Kier molecular flexibility index (Phi) is 5.73. The maximum Gasteiger partial charge on any atom is 0.252 e. The SMILES string of the molecule is CC(NC(=O)c1ccccc1)(c1cnn(CCCl)c1)C(Cl)Cl. The van der Waals surface area contributed by atoms with E-state index < -0.39 is 10.4 Å². The number of aryl methyl sites for hydroxylation is 1. The van der Waals surface area contributed by atoms with E-state index in [1.54, 1.807) is 48.3 Å². The molecule has 0 radical (unpaired) electrons. The van der Waals surface area contributed by atoms with Gasteiger partial charge in [0.15, 0.2) is 0 Å². The van der Waals surface area contributed by atoms with Crippen molar-refractivity contribution in [1.82, 2.24) is 15.1 Å². The summed E-state index contributed by atoms with van der Waals surface area (Å²) in [6, 6.07) is 8.89. The minimum atomic E-state index is -0.958. The number of benzene rings is 1. The molecule has 4 nitrogen and oxygen atoms in total. The molecular formula is C15H16Cl3N3O. The van der Waals surface area contributed by atoms with Crippen molar-refractivity contribution < 1.29 is 4.79 Å². The Morgan fingerprint density at radius 3 is 2.64 bits per heavy atom. The van der Waals surface area contributed by atoms with Gasteiger partial charge in [-0.05, 0) is 19.1 Å². The molecule has 22 heavy (non-hydrogen) atoms. The maximum absolute atomic E-state index is 12.4. The number of hydrogen-bond donors (Lipinski definition) is 1. The van der Waals surface area contributed by atoms with Gasteiger partial charge in [0, 0.05) is 23.2 Å². The lowest BCUT2D eigenvalue weighted by Crippen LogP contribution is -2.48. The largest absolute Gasteiger partial charge is 0.340 e. The van der Waals surface area contributed by atoms with Crippen LogP contribution in [0.25, 0.3) is 0 Å². The number of nitrogens with zero attached hydrogens (tertiary/aromatic N) is 2. The average Bonchev–Trinajstić information content (AvgIpc) is 2.97. The first-order valence-corrected chi connectivity index (χ1v) is 8.12. The number of alkyl halides is 3. The first-order valence-electron chi connectivity index (χ1n) is 6.72. The summed E-state index contributed by atoms with van der Waals surface area (Å²) in [6.07, 6.45) is 3.42. The lowest BCUT2D eigenvalue weighted by Gasteiger charge is -2.31. The van der Waals surface area contributed by atoms with Crippen molar-refractivity contribution in [3.05, 3.63) is 53.9 Å². The molecule has 1 N–H and O–H groups in total. The highest BCUT2D eigenvalue weighted by Gasteiger charge is 2.37. The van der Waals surface area contributed by atoms with E-state index in [2.05, 4.69) is 10.4 Å². The first kappa shape index (κ1) is 17.1.